The highest BCUT2D eigenvalue weighted by atomic mass is 32.1. The number of benzene rings is 2. The minimum absolute atomic E-state index is 0.176. The maximum atomic E-state index is 12.6. The van der Waals surface area contributed by atoms with Crippen molar-refractivity contribution in [3.05, 3.63) is 86.7 Å². The predicted molar refractivity (Wildman–Crippen MR) is 117 cm³/mol. The number of ether oxygens (including phenoxy) is 1. The standard InChI is InChI=1S/C23H20N2O4S/c1-14-10-18(28-13-20(26)25-23-24-8-9-30-23)21-15(2)17(22(27)29-19(21)11-14)12-16-6-4-3-5-7-16/h3-11H,12-13H2,1-2H3,(H,24,25,26). The molecule has 0 radical (unpaired) electrons. The Hall–Kier alpha value is -3.45. The molecule has 2 aromatic carbocycles. The summed E-state index contributed by atoms with van der Waals surface area (Å²) in [6.45, 7) is 3.59. The third-order valence-electron chi connectivity index (χ3n) is 4.75. The van der Waals surface area contributed by atoms with Crippen LogP contribution in [-0.2, 0) is 11.2 Å². The summed E-state index contributed by atoms with van der Waals surface area (Å²) >= 11 is 1.34. The molecule has 2 heterocycles. The van der Waals surface area contributed by atoms with Gasteiger partial charge < -0.3 is 9.15 Å². The molecule has 0 fully saturated rings. The molecule has 0 aliphatic rings. The van der Waals surface area contributed by atoms with Crippen molar-refractivity contribution >= 4 is 33.3 Å². The molecule has 4 aromatic rings. The van der Waals surface area contributed by atoms with Gasteiger partial charge in [-0.25, -0.2) is 9.78 Å². The normalized spacial score (nSPS) is 10.9. The van der Waals surface area contributed by atoms with Gasteiger partial charge in [-0.05, 0) is 42.7 Å². The number of hydrogen-bond donors (Lipinski definition) is 1. The van der Waals surface area contributed by atoms with Gasteiger partial charge in [-0.1, -0.05) is 30.3 Å². The molecule has 152 valence electrons. The Morgan fingerprint density at radius 1 is 1.20 bits per heavy atom. The summed E-state index contributed by atoms with van der Waals surface area (Å²) in [7, 11) is 0. The lowest BCUT2D eigenvalue weighted by molar-refractivity contribution is -0.118. The van der Waals surface area contributed by atoms with Crippen LogP contribution < -0.4 is 15.7 Å². The van der Waals surface area contributed by atoms with Gasteiger partial charge in [0.2, 0.25) is 0 Å². The Labute approximate surface area is 177 Å². The first-order valence-electron chi connectivity index (χ1n) is 9.44. The van der Waals surface area contributed by atoms with Crippen LogP contribution in [0, 0.1) is 13.8 Å². The van der Waals surface area contributed by atoms with Crippen molar-refractivity contribution in [2.75, 3.05) is 11.9 Å². The highest BCUT2D eigenvalue weighted by Crippen LogP contribution is 2.31. The van der Waals surface area contributed by atoms with Crippen molar-refractivity contribution in [2.24, 2.45) is 0 Å². The fourth-order valence-electron chi connectivity index (χ4n) is 3.34. The van der Waals surface area contributed by atoms with E-state index in [2.05, 4.69) is 10.3 Å². The molecule has 0 unspecified atom stereocenters. The zero-order valence-corrected chi connectivity index (χ0v) is 17.4. The second kappa shape index (κ2) is 8.51. The highest BCUT2D eigenvalue weighted by Gasteiger charge is 2.17. The summed E-state index contributed by atoms with van der Waals surface area (Å²) in [6.07, 6.45) is 2.08. The fourth-order valence-corrected chi connectivity index (χ4v) is 3.88. The molecule has 2 aromatic heterocycles. The van der Waals surface area contributed by atoms with E-state index in [4.69, 9.17) is 9.15 Å². The van der Waals surface area contributed by atoms with Gasteiger partial charge >= 0.3 is 5.63 Å². The highest BCUT2D eigenvalue weighted by molar-refractivity contribution is 7.13. The second-order valence-electron chi connectivity index (χ2n) is 6.97. The first kappa shape index (κ1) is 19.8. The molecule has 30 heavy (non-hydrogen) atoms. The lowest BCUT2D eigenvalue weighted by Crippen LogP contribution is -2.20. The molecule has 0 atom stereocenters. The van der Waals surface area contributed by atoms with Crippen molar-refractivity contribution in [1.29, 1.82) is 0 Å². The Morgan fingerprint density at radius 2 is 2.00 bits per heavy atom. The largest absolute Gasteiger partial charge is 0.483 e. The van der Waals surface area contributed by atoms with Gasteiger partial charge in [0.25, 0.3) is 5.91 Å². The number of nitrogens with one attached hydrogen (secondary N) is 1. The van der Waals surface area contributed by atoms with Crippen LogP contribution in [0.5, 0.6) is 5.75 Å². The zero-order valence-electron chi connectivity index (χ0n) is 16.6. The molecule has 0 aliphatic heterocycles. The summed E-state index contributed by atoms with van der Waals surface area (Å²) in [6, 6.07) is 13.4. The van der Waals surface area contributed by atoms with Crippen molar-refractivity contribution < 1.29 is 13.9 Å². The number of amides is 1. The number of fused-ring (bicyclic) bond motifs is 1. The molecular formula is C23H20N2O4S. The van der Waals surface area contributed by atoms with E-state index in [9.17, 15) is 9.59 Å². The SMILES string of the molecule is Cc1cc(OCC(=O)Nc2nccs2)c2c(C)c(Cc3ccccc3)c(=O)oc2c1. The summed E-state index contributed by atoms with van der Waals surface area (Å²) in [5.41, 5.74) is 3.35. The molecule has 1 N–H and O–H groups in total. The molecule has 1 amide bonds. The van der Waals surface area contributed by atoms with E-state index in [0.29, 0.717) is 33.8 Å². The minimum Gasteiger partial charge on any atom is -0.483 e. The number of aromatic nitrogens is 1. The van der Waals surface area contributed by atoms with Crippen LogP contribution in [0.15, 0.2) is 63.3 Å². The number of aryl methyl sites for hydroxylation is 2. The molecular weight excluding hydrogens is 400 g/mol. The van der Waals surface area contributed by atoms with E-state index < -0.39 is 0 Å². The van der Waals surface area contributed by atoms with Crippen LogP contribution >= 0.6 is 11.3 Å². The maximum Gasteiger partial charge on any atom is 0.340 e. The Bertz CT molecular complexity index is 1250. The molecule has 4 rings (SSSR count). The third kappa shape index (κ3) is 4.26. The molecule has 0 spiro atoms. The maximum absolute atomic E-state index is 12.6. The van der Waals surface area contributed by atoms with E-state index in [-0.39, 0.29) is 18.1 Å². The second-order valence-corrected chi connectivity index (χ2v) is 7.86. The number of carbonyl (C=O) groups excluding carboxylic acids is 1. The van der Waals surface area contributed by atoms with Gasteiger partial charge in [0, 0.05) is 23.6 Å². The van der Waals surface area contributed by atoms with Gasteiger partial charge in [0.05, 0.1) is 5.39 Å². The Kier molecular flexibility index (Phi) is 5.63. The summed E-state index contributed by atoms with van der Waals surface area (Å²) < 4.78 is 11.5. The van der Waals surface area contributed by atoms with Gasteiger partial charge in [-0.2, -0.15) is 0 Å². The molecule has 0 saturated carbocycles. The number of anilines is 1. The summed E-state index contributed by atoms with van der Waals surface area (Å²) in [5, 5.41) is 5.70. The zero-order chi connectivity index (χ0) is 21.1. The van der Waals surface area contributed by atoms with Crippen LogP contribution in [0.4, 0.5) is 5.13 Å². The number of nitrogens with zero attached hydrogens (tertiary/aromatic N) is 1. The first-order chi connectivity index (χ1) is 14.5. The van der Waals surface area contributed by atoms with E-state index in [1.54, 1.807) is 17.6 Å². The average molecular weight is 420 g/mol. The predicted octanol–water partition coefficient (Wildman–Crippen LogP) is 4.47. The van der Waals surface area contributed by atoms with Crippen molar-refractivity contribution in [1.82, 2.24) is 4.98 Å². The Morgan fingerprint density at radius 3 is 2.73 bits per heavy atom. The smallest absolute Gasteiger partial charge is 0.340 e. The van der Waals surface area contributed by atoms with Crippen molar-refractivity contribution in [3.63, 3.8) is 0 Å². The van der Waals surface area contributed by atoms with Gasteiger partial charge in [0.1, 0.15) is 11.3 Å². The van der Waals surface area contributed by atoms with E-state index in [1.807, 2.05) is 50.2 Å². The van der Waals surface area contributed by atoms with Crippen LogP contribution in [0.25, 0.3) is 11.0 Å². The molecule has 0 aliphatic carbocycles. The number of thiazole rings is 1. The van der Waals surface area contributed by atoms with Crippen LogP contribution in [0.2, 0.25) is 0 Å². The monoisotopic (exact) mass is 420 g/mol. The fraction of sp³-hybridized carbons (Fsp3) is 0.174. The average Bonchev–Trinajstić information content (AvgIpc) is 3.22. The topological polar surface area (TPSA) is 81.4 Å². The molecule has 6 nitrogen and oxygen atoms in total. The van der Waals surface area contributed by atoms with E-state index in [1.165, 1.54) is 11.3 Å². The number of hydrogen-bond acceptors (Lipinski definition) is 6. The van der Waals surface area contributed by atoms with Crippen LogP contribution in [0.3, 0.4) is 0 Å². The van der Waals surface area contributed by atoms with Crippen molar-refractivity contribution in [2.45, 2.75) is 20.3 Å². The first-order valence-corrected chi connectivity index (χ1v) is 10.3. The summed E-state index contributed by atoms with van der Waals surface area (Å²) in [5.74, 6) is 0.203. The lowest BCUT2D eigenvalue weighted by atomic mass is 9.98. The third-order valence-corrected chi connectivity index (χ3v) is 5.44. The minimum atomic E-state index is -0.359. The molecule has 0 saturated heterocycles. The molecule has 7 heteroatoms. The number of rotatable bonds is 6. The van der Waals surface area contributed by atoms with Crippen LogP contribution in [0.1, 0.15) is 22.3 Å². The van der Waals surface area contributed by atoms with Crippen molar-refractivity contribution in [3.8, 4) is 5.75 Å². The molecule has 0 bridgehead atoms. The van der Waals surface area contributed by atoms with E-state index in [0.717, 1.165) is 16.7 Å². The lowest BCUT2D eigenvalue weighted by Gasteiger charge is -2.14. The van der Waals surface area contributed by atoms with Crippen LogP contribution in [-0.4, -0.2) is 17.5 Å². The quantitative estimate of drug-likeness (QED) is 0.465. The Balaban J connectivity index is 1.67. The van der Waals surface area contributed by atoms with Gasteiger partial charge in [-0.15, -0.1) is 11.3 Å². The van der Waals surface area contributed by atoms with Gasteiger partial charge in [-0.3, -0.25) is 10.1 Å². The van der Waals surface area contributed by atoms with Gasteiger partial charge in [0.15, 0.2) is 11.7 Å². The summed E-state index contributed by atoms with van der Waals surface area (Å²) in [4.78, 5) is 28.9. The number of carbonyl (C=O) groups is 1. The van der Waals surface area contributed by atoms with E-state index >= 15 is 0 Å².